The van der Waals surface area contributed by atoms with Gasteiger partial charge in [0.15, 0.2) is 0 Å². The fourth-order valence-electron chi connectivity index (χ4n) is 3.49. The molecule has 3 aromatic rings. The van der Waals surface area contributed by atoms with Crippen LogP contribution in [0.5, 0.6) is 5.75 Å². The number of nitrogens with one attached hydrogen (secondary N) is 1. The summed E-state index contributed by atoms with van der Waals surface area (Å²) in [6, 6.07) is 18.7. The molecule has 1 heterocycles. The van der Waals surface area contributed by atoms with Crippen molar-refractivity contribution in [1.29, 1.82) is 0 Å². The zero-order chi connectivity index (χ0) is 23.5. The van der Waals surface area contributed by atoms with E-state index in [1.54, 1.807) is 31.4 Å². The van der Waals surface area contributed by atoms with Crippen LogP contribution in [0.3, 0.4) is 0 Å². The number of methoxy groups -OCH3 is 1. The Morgan fingerprint density at radius 1 is 1.00 bits per heavy atom. The molecule has 0 aliphatic carbocycles. The van der Waals surface area contributed by atoms with Gasteiger partial charge in [-0.1, -0.05) is 57.9 Å². The van der Waals surface area contributed by atoms with E-state index in [-0.39, 0.29) is 5.57 Å². The number of carbonyl (C=O) groups excluding carboxylic acids is 3. The minimum Gasteiger partial charge on any atom is -0.496 e. The second-order valence-electron chi connectivity index (χ2n) is 7.27. The molecular weight excluding hydrogens is 508 g/mol. The van der Waals surface area contributed by atoms with Gasteiger partial charge in [0.05, 0.1) is 12.8 Å². The number of carbonyl (C=O) groups is 3. The predicted molar refractivity (Wildman–Crippen MR) is 130 cm³/mol. The molecule has 3 aromatic carbocycles. The van der Waals surface area contributed by atoms with Crippen molar-refractivity contribution >= 4 is 57.1 Å². The van der Waals surface area contributed by atoms with Crippen LogP contribution in [-0.2, 0) is 16.0 Å². The van der Waals surface area contributed by atoms with Crippen LogP contribution in [0.4, 0.5) is 10.5 Å². The average molecular weight is 526 g/mol. The Bertz CT molecular complexity index is 1290. The van der Waals surface area contributed by atoms with Crippen LogP contribution in [0.1, 0.15) is 16.7 Å². The maximum absolute atomic E-state index is 13.0. The lowest BCUT2D eigenvalue weighted by Gasteiger charge is -2.26. The summed E-state index contributed by atoms with van der Waals surface area (Å²) in [6.07, 6.45) is 2.08. The van der Waals surface area contributed by atoms with Crippen molar-refractivity contribution in [3.63, 3.8) is 0 Å². The van der Waals surface area contributed by atoms with Gasteiger partial charge in [0.2, 0.25) is 0 Å². The van der Waals surface area contributed by atoms with Crippen LogP contribution in [0.25, 0.3) is 6.08 Å². The molecule has 0 aromatic heterocycles. The van der Waals surface area contributed by atoms with Crippen molar-refractivity contribution in [1.82, 2.24) is 5.32 Å². The Morgan fingerprint density at radius 3 is 2.42 bits per heavy atom. The molecule has 166 valence electrons. The second-order valence-corrected chi connectivity index (χ2v) is 8.56. The van der Waals surface area contributed by atoms with Gasteiger partial charge in [-0.05, 0) is 59.2 Å². The number of benzene rings is 3. The molecule has 1 saturated heterocycles. The molecule has 0 bridgehead atoms. The summed E-state index contributed by atoms with van der Waals surface area (Å²) < 4.78 is 6.55. The maximum atomic E-state index is 13.0. The molecule has 4 amide bonds. The first kappa shape index (κ1) is 22.8. The van der Waals surface area contributed by atoms with Crippen molar-refractivity contribution < 1.29 is 19.1 Å². The minimum absolute atomic E-state index is 0.162. The highest BCUT2D eigenvalue weighted by Crippen LogP contribution is 2.28. The summed E-state index contributed by atoms with van der Waals surface area (Å²) in [6.45, 7) is 0. The molecule has 6 nitrogen and oxygen atoms in total. The summed E-state index contributed by atoms with van der Waals surface area (Å²) >= 11 is 9.46. The Hall–Kier alpha value is -3.42. The summed E-state index contributed by atoms with van der Waals surface area (Å²) in [4.78, 5) is 38.7. The van der Waals surface area contributed by atoms with E-state index in [0.717, 1.165) is 20.5 Å². The predicted octanol–water partition coefficient (Wildman–Crippen LogP) is 5.37. The number of imide groups is 2. The zero-order valence-electron chi connectivity index (χ0n) is 17.5. The van der Waals surface area contributed by atoms with Gasteiger partial charge in [-0.3, -0.25) is 14.9 Å². The maximum Gasteiger partial charge on any atom is 0.335 e. The zero-order valence-corrected chi connectivity index (χ0v) is 19.8. The SMILES string of the molecule is COc1cc(/C=C2\C(=O)NC(=O)N(c3ccc(Cl)cc3)C2=O)ccc1Cc1ccccc1Br. The largest absolute Gasteiger partial charge is 0.496 e. The van der Waals surface area contributed by atoms with Gasteiger partial charge in [0.1, 0.15) is 11.3 Å². The van der Waals surface area contributed by atoms with Gasteiger partial charge < -0.3 is 4.74 Å². The number of barbiturate groups is 1. The molecule has 1 N–H and O–H groups in total. The van der Waals surface area contributed by atoms with E-state index in [4.69, 9.17) is 16.3 Å². The van der Waals surface area contributed by atoms with Crippen LogP contribution in [0, 0.1) is 0 Å². The fraction of sp³-hybridized carbons (Fsp3) is 0.0800. The number of amides is 4. The number of ether oxygens (including phenoxy) is 1. The average Bonchev–Trinajstić information content (AvgIpc) is 2.80. The number of nitrogens with zero attached hydrogens (tertiary/aromatic N) is 1. The molecule has 0 unspecified atom stereocenters. The van der Waals surface area contributed by atoms with Gasteiger partial charge in [0.25, 0.3) is 11.8 Å². The summed E-state index contributed by atoms with van der Waals surface area (Å²) in [7, 11) is 1.56. The number of halogens is 2. The van der Waals surface area contributed by atoms with E-state index in [1.165, 1.54) is 18.2 Å². The molecule has 1 fully saturated rings. The summed E-state index contributed by atoms with van der Waals surface area (Å²) in [5.74, 6) is -0.858. The van der Waals surface area contributed by atoms with Gasteiger partial charge in [-0.15, -0.1) is 0 Å². The standard InChI is InChI=1S/C25H18BrClN2O4/c1-33-22-13-15(6-7-17(22)14-16-4-2-3-5-21(16)26)12-20-23(30)28-25(32)29(24(20)31)19-10-8-18(27)9-11-19/h2-13H,14H2,1H3,(H,28,30,32)/b20-12+. The van der Waals surface area contributed by atoms with E-state index in [2.05, 4.69) is 21.2 Å². The number of anilines is 1. The normalized spacial score (nSPS) is 15.1. The number of hydrogen-bond donors (Lipinski definition) is 1. The third kappa shape index (κ3) is 4.84. The molecule has 0 spiro atoms. The quantitative estimate of drug-likeness (QED) is 0.359. The lowest BCUT2D eigenvalue weighted by Crippen LogP contribution is -2.54. The first-order chi connectivity index (χ1) is 15.9. The van der Waals surface area contributed by atoms with Crippen molar-refractivity contribution in [3.05, 3.63) is 98.5 Å². The molecule has 1 aliphatic rings. The molecule has 0 radical (unpaired) electrons. The lowest BCUT2D eigenvalue weighted by molar-refractivity contribution is -0.122. The van der Waals surface area contributed by atoms with E-state index >= 15 is 0 Å². The second kappa shape index (κ2) is 9.60. The van der Waals surface area contributed by atoms with Crippen LogP contribution < -0.4 is 15.0 Å². The highest BCUT2D eigenvalue weighted by molar-refractivity contribution is 9.10. The molecule has 0 atom stereocenters. The number of urea groups is 1. The van der Waals surface area contributed by atoms with Crippen molar-refractivity contribution in [2.75, 3.05) is 12.0 Å². The van der Waals surface area contributed by atoms with E-state index in [9.17, 15) is 14.4 Å². The van der Waals surface area contributed by atoms with E-state index in [1.807, 2.05) is 30.3 Å². The molecular formula is C25H18BrClN2O4. The smallest absolute Gasteiger partial charge is 0.335 e. The third-order valence-electron chi connectivity index (χ3n) is 5.15. The Labute approximate surface area is 203 Å². The summed E-state index contributed by atoms with van der Waals surface area (Å²) in [5.41, 5.74) is 2.78. The first-order valence-corrected chi connectivity index (χ1v) is 11.1. The molecule has 8 heteroatoms. The van der Waals surface area contributed by atoms with Crippen LogP contribution in [0.15, 0.2) is 76.8 Å². The Kier molecular flexibility index (Phi) is 6.62. The highest BCUT2D eigenvalue weighted by atomic mass is 79.9. The monoisotopic (exact) mass is 524 g/mol. The minimum atomic E-state index is -0.814. The molecule has 4 rings (SSSR count). The van der Waals surface area contributed by atoms with Crippen molar-refractivity contribution in [2.24, 2.45) is 0 Å². The Balaban J connectivity index is 1.66. The van der Waals surface area contributed by atoms with Gasteiger partial charge in [0, 0.05) is 15.9 Å². The first-order valence-electron chi connectivity index (χ1n) is 9.94. The lowest BCUT2D eigenvalue weighted by atomic mass is 10.0. The summed E-state index contributed by atoms with van der Waals surface area (Å²) in [5, 5.41) is 2.67. The van der Waals surface area contributed by atoms with Gasteiger partial charge >= 0.3 is 6.03 Å². The molecule has 33 heavy (non-hydrogen) atoms. The van der Waals surface area contributed by atoms with E-state index < -0.39 is 17.8 Å². The third-order valence-corrected chi connectivity index (χ3v) is 6.17. The fourth-order valence-corrected chi connectivity index (χ4v) is 4.04. The van der Waals surface area contributed by atoms with Crippen LogP contribution >= 0.6 is 27.5 Å². The molecule has 0 saturated carbocycles. The number of hydrogen-bond acceptors (Lipinski definition) is 4. The Morgan fingerprint density at radius 2 is 1.73 bits per heavy atom. The van der Waals surface area contributed by atoms with E-state index in [0.29, 0.717) is 28.4 Å². The van der Waals surface area contributed by atoms with Gasteiger partial charge in [-0.2, -0.15) is 0 Å². The molecule has 1 aliphatic heterocycles. The van der Waals surface area contributed by atoms with Crippen LogP contribution in [0.2, 0.25) is 5.02 Å². The highest BCUT2D eigenvalue weighted by Gasteiger charge is 2.36. The number of rotatable bonds is 5. The van der Waals surface area contributed by atoms with Gasteiger partial charge in [-0.25, -0.2) is 9.69 Å². The topological polar surface area (TPSA) is 75.7 Å². The van der Waals surface area contributed by atoms with Crippen molar-refractivity contribution in [2.45, 2.75) is 6.42 Å². The van der Waals surface area contributed by atoms with Crippen molar-refractivity contribution in [3.8, 4) is 5.75 Å². The van der Waals surface area contributed by atoms with Crippen LogP contribution in [-0.4, -0.2) is 25.0 Å².